The van der Waals surface area contributed by atoms with Gasteiger partial charge in [0.05, 0.1) is 10.0 Å². The monoisotopic (exact) mass is 343 g/mol. The molecule has 2 aromatic heterocycles. The van der Waals surface area contributed by atoms with Crippen LogP contribution in [0.5, 0.6) is 0 Å². The van der Waals surface area contributed by atoms with E-state index in [9.17, 15) is 0 Å². The molecule has 6 heteroatoms. The molecule has 2 heterocycles. The summed E-state index contributed by atoms with van der Waals surface area (Å²) in [5, 5.41) is 6.76. The van der Waals surface area contributed by atoms with Crippen LogP contribution in [0.15, 0.2) is 17.5 Å². The number of hydrogen-bond acceptors (Lipinski definition) is 5. The Morgan fingerprint density at radius 3 is 2.67 bits per heavy atom. The number of nitrogens with one attached hydrogen (secondary N) is 1. The summed E-state index contributed by atoms with van der Waals surface area (Å²) >= 11 is 9.32. The van der Waals surface area contributed by atoms with Gasteiger partial charge in [-0.05, 0) is 40.0 Å². The Balaban J connectivity index is 1.84. The first kappa shape index (κ1) is 16.9. The molecule has 0 aliphatic carbocycles. The molecule has 21 heavy (non-hydrogen) atoms. The van der Waals surface area contributed by atoms with Gasteiger partial charge >= 0.3 is 0 Å². The maximum atomic E-state index is 5.96. The van der Waals surface area contributed by atoms with Crippen molar-refractivity contribution in [3.05, 3.63) is 37.4 Å². The number of halogens is 1. The molecule has 0 spiro atoms. The highest BCUT2D eigenvalue weighted by Gasteiger charge is 2.11. The van der Waals surface area contributed by atoms with Crippen LogP contribution in [0.2, 0.25) is 4.34 Å². The quantitative estimate of drug-likeness (QED) is 0.843. The Morgan fingerprint density at radius 2 is 2.05 bits per heavy atom. The summed E-state index contributed by atoms with van der Waals surface area (Å²) < 4.78 is 0.850. The number of nitrogens with zero attached hydrogens (tertiary/aromatic N) is 2. The first-order chi connectivity index (χ1) is 9.82. The smallest absolute Gasteiger partial charge is 0.107 e. The molecule has 0 radical (unpaired) electrons. The van der Waals surface area contributed by atoms with Crippen molar-refractivity contribution in [1.29, 1.82) is 0 Å². The zero-order chi connectivity index (χ0) is 15.5. The molecule has 0 saturated carbocycles. The highest BCUT2D eigenvalue weighted by Crippen LogP contribution is 2.23. The molecule has 2 aromatic rings. The number of thiophene rings is 1. The zero-order valence-electron chi connectivity index (χ0n) is 12.9. The molecule has 0 amide bonds. The average Bonchev–Trinajstić information content (AvgIpc) is 2.95. The topological polar surface area (TPSA) is 28.2 Å². The van der Waals surface area contributed by atoms with Crippen molar-refractivity contribution < 1.29 is 0 Å². The fraction of sp³-hybridized carbons (Fsp3) is 0.533. The van der Waals surface area contributed by atoms with Gasteiger partial charge in [0.1, 0.15) is 5.01 Å². The van der Waals surface area contributed by atoms with E-state index < -0.39 is 0 Å². The van der Waals surface area contributed by atoms with Crippen LogP contribution in [-0.2, 0) is 19.6 Å². The maximum absolute atomic E-state index is 5.96. The summed E-state index contributed by atoms with van der Waals surface area (Å²) in [6, 6.07) is 4.04. The van der Waals surface area contributed by atoms with Gasteiger partial charge in [0, 0.05) is 35.4 Å². The van der Waals surface area contributed by atoms with Gasteiger partial charge in [0.2, 0.25) is 0 Å². The summed E-state index contributed by atoms with van der Waals surface area (Å²) in [7, 11) is 2.11. The van der Waals surface area contributed by atoms with Gasteiger partial charge in [-0.15, -0.1) is 22.7 Å². The minimum Gasteiger partial charge on any atom is -0.306 e. The van der Waals surface area contributed by atoms with Crippen LogP contribution in [0.3, 0.4) is 0 Å². The van der Waals surface area contributed by atoms with Crippen LogP contribution in [0, 0.1) is 0 Å². The summed E-state index contributed by atoms with van der Waals surface area (Å²) in [5.74, 6) is 0. The Hall–Kier alpha value is -0.460. The van der Waals surface area contributed by atoms with Crippen molar-refractivity contribution in [2.75, 3.05) is 7.05 Å². The lowest BCUT2D eigenvalue weighted by atomic mass is 10.1. The molecule has 0 saturated heterocycles. The van der Waals surface area contributed by atoms with E-state index in [4.69, 9.17) is 16.6 Å². The van der Waals surface area contributed by atoms with Crippen LogP contribution in [-0.4, -0.2) is 22.5 Å². The van der Waals surface area contributed by atoms with Crippen LogP contribution < -0.4 is 5.32 Å². The van der Waals surface area contributed by atoms with Gasteiger partial charge in [0.25, 0.3) is 0 Å². The SMILES string of the molecule is CN(Cc1csc(CNC(C)(C)C)n1)Cc1ccc(Cl)s1. The van der Waals surface area contributed by atoms with Crippen LogP contribution in [0.25, 0.3) is 0 Å². The van der Waals surface area contributed by atoms with Crippen molar-refractivity contribution in [3.8, 4) is 0 Å². The number of hydrogen-bond donors (Lipinski definition) is 1. The molecule has 0 aromatic carbocycles. The predicted molar refractivity (Wildman–Crippen MR) is 93.2 cm³/mol. The molecular weight excluding hydrogens is 322 g/mol. The van der Waals surface area contributed by atoms with Crippen molar-refractivity contribution in [3.63, 3.8) is 0 Å². The van der Waals surface area contributed by atoms with E-state index in [-0.39, 0.29) is 5.54 Å². The second-order valence-electron chi connectivity index (χ2n) is 6.21. The minimum absolute atomic E-state index is 0.126. The molecule has 0 aliphatic heterocycles. The second kappa shape index (κ2) is 7.20. The number of thiazole rings is 1. The first-order valence-electron chi connectivity index (χ1n) is 6.93. The van der Waals surface area contributed by atoms with Gasteiger partial charge < -0.3 is 5.32 Å². The zero-order valence-corrected chi connectivity index (χ0v) is 15.3. The van der Waals surface area contributed by atoms with Gasteiger partial charge in [-0.2, -0.15) is 0 Å². The Bertz CT molecular complexity index is 571. The molecule has 0 unspecified atom stereocenters. The average molecular weight is 344 g/mol. The van der Waals surface area contributed by atoms with Crippen LogP contribution >= 0.6 is 34.3 Å². The van der Waals surface area contributed by atoms with E-state index in [2.05, 4.69) is 49.5 Å². The summed E-state index contributed by atoms with van der Waals surface area (Å²) in [6.07, 6.45) is 0. The minimum atomic E-state index is 0.126. The van der Waals surface area contributed by atoms with E-state index in [1.165, 1.54) is 4.88 Å². The van der Waals surface area contributed by atoms with E-state index in [0.29, 0.717) is 0 Å². The molecule has 0 atom stereocenters. The van der Waals surface area contributed by atoms with E-state index >= 15 is 0 Å². The Kier molecular flexibility index (Phi) is 5.80. The molecule has 116 valence electrons. The molecular formula is C15H22ClN3S2. The normalized spacial score (nSPS) is 12.3. The summed E-state index contributed by atoms with van der Waals surface area (Å²) in [5.41, 5.74) is 1.26. The van der Waals surface area contributed by atoms with E-state index in [1.807, 2.05) is 6.07 Å². The highest BCUT2D eigenvalue weighted by molar-refractivity contribution is 7.16. The van der Waals surface area contributed by atoms with E-state index in [1.54, 1.807) is 22.7 Å². The maximum Gasteiger partial charge on any atom is 0.107 e. The largest absolute Gasteiger partial charge is 0.306 e. The number of rotatable bonds is 6. The Labute approximate surface area is 140 Å². The highest BCUT2D eigenvalue weighted by atomic mass is 35.5. The lowest BCUT2D eigenvalue weighted by molar-refractivity contribution is 0.318. The van der Waals surface area contributed by atoms with Crippen molar-refractivity contribution in [2.24, 2.45) is 0 Å². The Morgan fingerprint density at radius 1 is 1.29 bits per heavy atom. The summed E-state index contributed by atoms with van der Waals surface area (Å²) in [4.78, 5) is 8.24. The lowest BCUT2D eigenvalue weighted by Crippen LogP contribution is -2.35. The van der Waals surface area contributed by atoms with Crippen molar-refractivity contribution in [2.45, 2.75) is 45.9 Å². The third-order valence-electron chi connectivity index (χ3n) is 2.86. The summed E-state index contributed by atoms with van der Waals surface area (Å²) in [6.45, 7) is 9.11. The molecule has 3 nitrogen and oxygen atoms in total. The second-order valence-corrected chi connectivity index (χ2v) is 8.96. The fourth-order valence-corrected chi connectivity index (χ4v) is 3.77. The van der Waals surface area contributed by atoms with Gasteiger partial charge in [-0.1, -0.05) is 11.6 Å². The standard InChI is InChI=1S/C15H22ClN3S2/c1-15(2,3)17-7-14-18-11(10-20-14)8-19(4)9-12-5-6-13(16)21-12/h5-6,10,17H,7-9H2,1-4H3. The molecule has 0 aliphatic rings. The fourth-order valence-electron chi connectivity index (χ4n) is 1.88. The molecule has 0 fully saturated rings. The third-order valence-corrected chi connectivity index (χ3v) is 4.97. The van der Waals surface area contributed by atoms with Crippen LogP contribution in [0.4, 0.5) is 0 Å². The van der Waals surface area contributed by atoms with E-state index in [0.717, 1.165) is 34.7 Å². The molecule has 2 rings (SSSR count). The lowest BCUT2D eigenvalue weighted by Gasteiger charge is -2.19. The van der Waals surface area contributed by atoms with Gasteiger partial charge in [0.15, 0.2) is 0 Å². The van der Waals surface area contributed by atoms with Crippen molar-refractivity contribution in [1.82, 2.24) is 15.2 Å². The van der Waals surface area contributed by atoms with Crippen LogP contribution in [0.1, 0.15) is 36.3 Å². The number of aromatic nitrogens is 1. The van der Waals surface area contributed by atoms with Gasteiger partial charge in [-0.25, -0.2) is 4.98 Å². The van der Waals surface area contributed by atoms with Crippen molar-refractivity contribution >= 4 is 34.3 Å². The predicted octanol–water partition coefficient (Wildman–Crippen LogP) is 4.38. The van der Waals surface area contributed by atoms with Gasteiger partial charge in [-0.3, -0.25) is 4.90 Å². The molecule has 0 bridgehead atoms. The third kappa shape index (κ3) is 6.04. The first-order valence-corrected chi connectivity index (χ1v) is 9.00. The molecule has 1 N–H and O–H groups in total.